The van der Waals surface area contributed by atoms with Gasteiger partial charge >= 0.3 is 0 Å². The maximum atomic E-state index is 12.2. The van der Waals surface area contributed by atoms with Gasteiger partial charge in [-0.15, -0.1) is 0 Å². The Labute approximate surface area is 155 Å². The smallest absolute Gasteiger partial charge is 0.245 e. The largest absolute Gasteiger partial charge is 0.325 e. The predicted octanol–water partition coefficient (Wildman–Crippen LogP) is 3.27. The molecule has 0 atom stereocenters. The topological polar surface area (TPSA) is 90.3 Å². The molecule has 0 aliphatic carbocycles. The summed E-state index contributed by atoms with van der Waals surface area (Å²) in [5.41, 5.74) is 1.00. The lowest BCUT2D eigenvalue weighted by Gasteiger charge is -2.23. The van der Waals surface area contributed by atoms with Gasteiger partial charge in [0.05, 0.1) is 28.6 Å². The summed E-state index contributed by atoms with van der Waals surface area (Å²) >= 11 is 11.9. The molecule has 130 valence electrons. The van der Waals surface area contributed by atoms with Crippen molar-refractivity contribution < 1.29 is 13.2 Å². The van der Waals surface area contributed by atoms with E-state index in [0.29, 0.717) is 16.3 Å². The Hall–Kier alpha value is -2.27. The Balaban J connectivity index is 2.24. The van der Waals surface area contributed by atoms with Gasteiger partial charge in [0, 0.05) is 10.7 Å². The van der Waals surface area contributed by atoms with Crippen LogP contribution in [0.1, 0.15) is 5.56 Å². The van der Waals surface area contributed by atoms with Crippen LogP contribution < -0.4 is 9.62 Å². The highest BCUT2D eigenvalue weighted by Gasteiger charge is 2.23. The number of halogens is 2. The number of carbonyl (C=O) groups excluding carboxylic acids is 1. The molecule has 2 aromatic carbocycles. The van der Waals surface area contributed by atoms with Gasteiger partial charge in [-0.3, -0.25) is 9.10 Å². The van der Waals surface area contributed by atoms with Gasteiger partial charge in [-0.2, -0.15) is 5.26 Å². The van der Waals surface area contributed by atoms with Gasteiger partial charge < -0.3 is 5.32 Å². The number of sulfonamides is 1. The minimum Gasteiger partial charge on any atom is -0.325 e. The van der Waals surface area contributed by atoms with Crippen molar-refractivity contribution in [2.45, 2.75) is 0 Å². The summed E-state index contributed by atoms with van der Waals surface area (Å²) < 4.78 is 25.0. The summed E-state index contributed by atoms with van der Waals surface area (Å²) in [7, 11) is -3.77. The standard InChI is InChI=1S/C16H13Cl2N3O3S/c1-25(23,24)21(15-8-12(17)4-7-14(15)18)10-16(22)20-13-5-2-11(9-19)3-6-13/h2-8H,10H2,1H3,(H,20,22). The van der Waals surface area contributed by atoms with Crippen molar-refractivity contribution in [3.8, 4) is 6.07 Å². The number of nitrogens with one attached hydrogen (secondary N) is 1. The summed E-state index contributed by atoms with van der Waals surface area (Å²) in [5.74, 6) is -0.564. The molecule has 0 fully saturated rings. The van der Waals surface area contributed by atoms with Gasteiger partial charge in [0.15, 0.2) is 0 Å². The van der Waals surface area contributed by atoms with E-state index < -0.39 is 22.5 Å². The molecule has 0 aromatic heterocycles. The molecular weight excluding hydrogens is 385 g/mol. The maximum absolute atomic E-state index is 12.2. The lowest BCUT2D eigenvalue weighted by Crippen LogP contribution is -2.37. The van der Waals surface area contributed by atoms with Gasteiger partial charge in [0.2, 0.25) is 15.9 Å². The molecule has 0 unspecified atom stereocenters. The first-order chi connectivity index (χ1) is 11.7. The van der Waals surface area contributed by atoms with E-state index in [-0.39, 0.29) is 10.7 Å². The molecule has 9 heteroatoms. The average Bonchev–Trinajstić information content (AvgIpc) is 2.55. The Bertz CT molecular complexity index is 938. The van der Waals surface area contributed by atoms with Crippen LogP contribution in [0.2, 0.25) is 10.0 Å². The number of rotatable bonds is 5. The van der Waals surface area contributed by atoms with Crippen molar-refractivity contribution in [3.63, 3.8) is 0 Å². The SMILES string of the molecule is CS(=O)(=O)N(CC(=O)Nc1ccc(C#N)cc1)c1cc(Cl)ccc1Cl. The number of nitriles is 1. The van der Waals surface area contributed by atoms with Crippen LogP contribution in [0, 0.1) is 11.3 Å². The van der Waals surface area contributed by atoms with Crippen LogP contribution in [0.15, 0.2) is 42.5 Å². The lowest BCUT2D eigenvalue weighted by atomic mass is 10.2. The molecule has 0 heterocycles. The number of anilines is 2. The Morgan fingerprint density at radius 1 is 1.20 bits per heavy atom. The summed E-state index contributed by atoms with van der Waals surface area (Å²) in [6.45, 7) is -0.473. The second kappa shape index (κ2) is 7.74. The van der Waals surface area contributed by atoms with Crippen LogP contribution in [-0.2, 0) is 14.8 Å². The first-order valence-electron chi connectivity index (χ1n) is 6.93. The fraction of sp³-hybridized carbons (Fsp3) is 0.125. The summed E-state index contributed by atoms with van der Waals surface area (Å²) in [4.78, 5) is 12.2. The number of hydrogen-bond donors (Lipinski definition) is 1. The van der Waals surface area contributed by atoms with Crippen molar-refractivity contribution in [2.75, 3.05) is 22.4 Å². The Kier molecular flexibility index (Phi) is 5.90. The first-order valence-corrected chi connectivity index (χ1v) is 9.54. The number of carbonyl (C=O) groups is 1. The molecule has 6 nitrogen and oxygen atoms in total. The van der Waals surface area contributed by atoms with Crippen LogP contribution in [0.5, 0.6) is 0 Å². The van der Waals surface area contributed by atoms with Gasteiger partial charge in [-0.25, -0.2) is 8.42 Å². The molecule has 0 spiro atoms. The Morgan fingerprint density at radius 2 is 1.84 bits per heavy atom. The number of nitrogens with zero attached hydrogens (tertiary/aromatic N) is 2. The fourth-order valence-corrected chi connectivity index (χ4v) is 3.31. The molecule has 0 saturated heterocycles. The van der Waals surface area contributed by atoms with E-state index in [1.165, 1.54) is 30.3 Å². The summed E-state index contributed by atoms with van der Waals surface area (Å²) in [6, 6.07) is 12.5. The van der Waals surface area contributed by atoms with Crippen LogP contribution in [0.3, 0.4) is 0 Å². The third-order valence-corrected chi connectivity index (χ3v) is 4.84. The number of benzene rings is 2. The molecule has 0 bridgehead atoms. The molecule has 2 rings (SSSR count). The zero-order valence-corrected chi connectivity index (χ0v) is 15.4. The van der Waals surface area contributed by atoms with Gasteiger partial charge in [0.25, 0.3) is 0 Å². The predicted molar refractivity (Wildman–Crippen MR) is 98.4 cm³/mol. The van der Waals surface area contributed by atoms with Crippen molar-refractivity contribution in [1.29, 1.82) is 5.26 Å². The molecule has 25 heavy (non-hydrogen) atoms. The quantitative estimate of drug-likeness (QED) is 0.837. The molecule has 0 saturated carbocycles. The van der Waals surface area contributed by atoms with Gasteiger partial charge in [-0.05, 0) is 42.5 Å². The van der Waals surface area contributed by atoms with Crippen LogP contribution in [-0.4, -0.2) is 27.1 Å². The van der Waals surface area contributed by atoms with Crippen LogP contribution in [0.25, 0.3) is 0 Å². The van der Waals surface area contributed by atoms with Crippen LogP contribution in [0.4, 0.5) is 11.4 Å². The molecule has 2 aromatic rings. The van der Waals surface area contributed by atoms with E-state index in [4.69, 9.17) is 28.5 Å². The molecule has 0 aliphatic rings. The highest BCUT2D eigenvalue weighted by Crippen LogP contribution is 2.30. The number of hydrogen-bond acceptors (Lipinski definition) is 4. The second-order valence-corrected chi connectivity index (χ2v) is 7.85. The lowest BCUT2D eigenvalue weighted by molar-refractivity contribution is -0.114. The third kappa shape index (κ3) is 5.10. The van der Waals surface area contributed by atoms with Crippen molar-refractivity contribution in [3.05, 3.63) is 58.1 Å². The monoisotopic (exact) mass is 397 g/mol. The Morgan fingerprint density at radius 3 is 2.40 bits per heavy atom. The molecule has 1 amide bonds. The highest BCUT2D eigenvalue weighted by molar-refractivity contribution is 7.92. The number of amides is 1. The van der Waals surface area contributed by atoms with E-state index in [9.17, 15) is 13.2 Å². The molecule has 0 aliphatic heterocycles. The third-order valence-electron chi connectivity index (χ3n) is 3.16. The minimum absolute atomic E-state index is 0.117. The zero-order valence-electron chi connectivity index (χ0n) is 13.0. The van der Waals surface area contributed by atoms with E-state index in [0.717, 1.165) is 10.6 Å². The molecule has 1 N–H and O–H groups in total. The summed E-state index contributed by atoms with van der Waals surface area (Å²) in [6.07, 6.45) is 0.971. The van der Waals surface area contributed by atoms with Crippen LogP contribution >= 0.6 is 23.2 Å². The highest BCUT2D eigenvalue weighted by atomic mass is 35.5. The average molecular weight is 398 g/mol. The maximum Gasteiger partial charge on any atom is 0.245 e. The zero-order chi connectivity index (χ0) is 18.6. The normalized spacial score (nSPS) is 10.8. The van der Waals surface area contributed by atoms with Crippen molar-refractivity contribution in [2.24, 2.45) is 0 Å². The first kappa shape index (κ1) is 19.1. The van der Waals surface area contributed by atoms with Crippen molar-refractivity contribution in [1.82, 2.24) is 0 Å². The van der Waals surface area contributed by atoms with Crippen molar-refractivity contribution >= 4 is 50.5 Å². The second-order valence-electron chi connectivity index (χ2n) is 5.10. The fourth-order valence-electron chi connectivity index (χ4n) is 2.02. The van der Waals surface area contributed by atoms with E-state index in [1.54, 1.807) is 12.1 Å². The van der Waals surface area contributed by atoms with Gasteiger partial charge in [0.1, 0.15) is 6.54 Å². The van der Waals surface area contributed by atoms with E-state index in [1.807, 2.05) is 6.07 Å². The minimum atomic E-state index is -3.77. The summed E-state index contributed by atoms with van der Waals surface area (Å²) in [5, 5.41) is 11.8. The molecule has 0 radical (unpaired) electrons. The molecular formula is C16H13Cl2N3O3S. The van der Waals surface area contributed by atoms with E-state index in [2.05, 4.69) is 5.32 Å². The van der Waals surface area contributed by atoms with Gasteiger partial charge in [-0.1, -0.05) is 23.2 Å². The van der Waals surface area contributed by atoms with E-state index >= 15 is 0 Å².